The summed E-state index contributed by atoms with van der Waals surface area (Å²) in [6, 6.07) is 0. The summed E-state index contributed by atoms with van der Waals surface area (Å²) in [6.45, 7) is 1.42. The van der Waals surface area contributed by atoms with Crippen LogP contribution in [0.25, 0.3) is 0 Å². The van der Waals surface area contributed by atoms with Gasteiger partial charge in [-0.15, -0.1) is 0 Å². The van der Waals surface area contributed by atoms with E-state index in [1.54, 1.807) is 12.4 Å². The first-order valence-electron chi connectivity index (χ1n) is 4.49. The van der Waals surface area contributed by atoms with Gasteiger partial charge in [-0.2, -0.15) is 11.8 Å². The van der Waals surface area contributed by atoms with Gasteiger partial charge in [0.1, 0.15) is 5.82 Å². The van der Waals surface area contributed by atoms with Crippen molar-refractivity contribution in [1.29, 1.82) is 0 Å². The van der Waals surface area contributed by atoms with Crippen molar-refractivity contribution >= 4 is 17.6 Å². The molecule has 0 saturated heterocycles. The number of nitrogens with zero attached hydrogens (tertiary/aromatic N) is 3. The number of thioether (sulfide) groups is 1. The molecule has 0 radical (unpaired) electrons. The summed E-state index contributed by atoms with van der Waals surface area (Å²) in [6.07, 6.45) is 5.56. The van der Waals surface area contributed by atoms with Crippen molar-refractivity contribution in [2.24, 2.45) is 5.73 Å². The fourth-order valence-electron chi connectivity index (χ4n) is 1.02. The number of aromatic nitrogens is 2. The molecule has 1 aromatic heterocycles. The van der Waals surface area contributed by atoms with Crippen LogP contribution in [0.1, 0.15) is 5.69 Å². The lowest BCUT2D eigenvalue weighted by molar-refractivity contribution is 0.895. The van der Waals surface area contributed by atoms with Crippen LogP contribution in [0, 0.1) is 0 Å². The third-order valence-electron chi connectivity index (χ3n) is 1.90. The van der Waals surface area contributed by atoms with Gasteiger partial charge in [0, 0.05) is 32.1 Å². The SMILES string of the molecule is CSCCN(C)c1cncc(CN)n1. The summed E-state index contributed by atoms with van der Waals surface area (Å²) in [5, 5.41) is 0. The van der Waals surface area contributed by atoms with Gasteiger partial charge in [0.25, 0.3) is 0 Å². The second-order valence-electron chi connectivity index (χ2n) is 2.99. The number of hydrogen-bond donors (Lipinski definition) is 1. The van der Waals surface area contributed by atoms with Crippen molar-refractivity contribution in [3.8, 4) is 0 Å². The molecule has 1 aromatic rings. The maximum Gasteiger partial charge on any atom is 0.147 e. The van der Waals surface area contributed by atoms with Crippen molar-refractivity contribution in [2.75, 3.05) is 30.5 Å². The van der Waals surface area contributed by atoms with Crippen LogP contribution < -0.4 is 10.6 Å². The molecule has 14 heavy (non-hydrogen) atoms. The Hall–Kier alpha value is -0.810. The number of hydrogen-bond acceptors (Lipinski definition) is 5. The van der Waals surface area contributed by atoms with Gasteiger partial charge in [-0.05, 0) is 6.26 Å². The molecular formula is C9H16N4S. The van der Waals surface area contributed by atoms with E-state index in [-0.39, 0.29) is 0 Å². The van der Waals surface area contributed by atoms with Crippen LogP contribution in [0.3, 0.4) is 0 Å². The molecule has 0 aliphatic rings. The first-order chi connectivity index (χ1) is 6.77. The molecule has 0 bridgehead atoms. The second-order valence-corrected chi connectivity index (χ2v) is 3.97. The molecular weight excluding hydrogens is 196 g/mol. The summed E-state index contributed by atoms with van der Waals surface area (Å²) in [5.74, 6) is 1.98. The lowest BCUT2D eigenvalue weighted by Gasteiger charge is -2.17. The summed E-state index contributed by atoms with van der Waals surface area (Å²) < 4.78 is 0. The molecule has 0 saturated carbocycles. The summed E-state index contributed by atoms with van der Waals surface area (Å²) in [7, 11) is 2.01. The normalized spacial score (nSPS) is 10.2. The van der Waals surface area contributed by atoms with E-state index in [1.165, 1.54) is 0 Å². The zero-order valence-electron chi connectivity index (χ0n) is 8.60. The van der Waals surface area contributed by atoms with Crippen LogP contribution in [0.15, 0.2) is 12.4 Å². The minimum atomic E-state index is 0.442. The highest BCUT2D eigenvalue weighted by Crippen LogP contribution is 2.07. The quantitative estimate of drug-likeness (QED) is 0.780. The van der Waals surface area contributed by atoms with E-state index in [0.717, 1.165) is 23.8 Å². The Balaban J connectivity index is 2.64. The Kier molecular flexibility index (Phi) is 4.69. The number of anilines is 1. The Bertz CT molecular complexity index is 279. The highest BCUT2D eigenvalue weighted by molar-refractivity contribution is 7.98. The molecule has 4 nitrogen and oxygen atoms in total. The first kappa shape index (κ1) is 11.3. The van der Waals surface area contributed by atoms with E-state index >= 15 is 0 Å². The van der Waals surface area contributed by atoms with Gasteiger partial charge in [0.15, 0.2) is 0 Å². The monoisotopic (exact) mass is 212 g/mol. The largest absolute Gasteiger partial charge is 0.358 e. The van der Waals surface area contributed by atoms with Gasteiger partial charge in [-0.1, -0.05) is 0 Å². The van der Waals surface area contributed by atoms with E-state index in [9.17, 15) is 0 Å². The van der Waals surface area contributed by atoms with Gasteiger partial charge >= 0.3 is 0 Å². The van der Waals surface area contributed by atoms with E-state index in [0.29, 0.717) is 6.54 Å². The average molecular weight is 212 g/mol. The molecule has 78 valence electrons. The predicted octanol–water partition coefficient (Wildman–Crippen LogP) is 0.734. The Morgan fingerprint density at radius 2 is 2.29 bits per heavy atom. The van der Waals surface area contributed by atoms with Crippen LogP contribution in [0.2, 0.25) is 0 Å². The van der Waals surface area contributed by atoms with Crippen LogP contribution >= 0.6 is 11.8 Å². The highest BCUT2D eigenvalue weighted by Gasteiger charge is 2.02. The lowest BCUT2D eigenvalue weighted by atomic mass is 10.4. The predicted molar refractivity (Wildman–Crippen MR) is 61.6 cm³/mol. The molecule has 0 atom stereocenters. The number of rotatable bonds is 5. The zero-order chi connectivity index (χ0) is 10.4. The molecule has 5 heteroatoms. The van der Waals surface area contributed by atoms with Gasteiger partial charge < -0.3 is 10.6 Å². The van der Waals surface area contributed by atoms with E-state index < -0.39 is 0 Å². The van der Waals surface area contributed by atoms with Crippen molar-refractivity contribution in [1.82, 2.24) is 9.97 Å². The van der Waals surface area contributed by atoms with Gasteiger partial charge in [0.05, 0.1) is 11.9 Å². The van der Waals surface area contributed by atoms with E-state index in [4.69, 9.17) is 5.73 Å². The summed E-state index contributed by atoms with van der Waals surface area (Å²) in [5.41, 5.74) is 6.33. The van der Waals surface area contributed by atoms with Crippen LogP contribution in [-0.4, -0.2) is 35.6 Å². The molecule has 0 fully saturated rings. The Morgan fingerprint density at radius 1 is 1.50 bits per heavy atom. The minimum Gasteiger partial charge on any atom is -0.358 e. The maximum absolute atomic E-state index is 5.49. The molecule has 1 rings (SSSR count). The molecule has 0 aliphatic heterocycles. The fraction of sp³-hybridized carbons (Fsp3) is 0.556. The lowest BCUT2D eigenvalue weighted by Crippen LogP contribution is -2.22. The Morgan fingerprint density at radius 3 is 2.93 bits per heavy atom. The second kappa shape index (κ2) is 5.82. The molecule has 0 aromatic carbocycles. The maximum atomic E-state index is 5.49. The van der Waals surface area contributed by atoms with Crippen molar-refractivity contribution < 1.29 is 0 Å². The standard InChI is InChI=1S/C9H16N4S/c1-13(3-4-14-2)9-7-11-6-8(5-10)12-9/h6-7H,3-5,10H2,1-2H3. The number of nitrogens with two attached hydrogens (primary N) is 1. The third kappa shape index (κ3) is 3.16. The fourth-order valence-corrected chi connectivity index (χ4v) is 1.48. The third-order valence-corrected chi connectivity index (χ3v) is 2.49. The molecule has 0 amide bonds. The molecule has 1 heterocycles. The van der Waals surface area contributed by atoms with Crippen molar-refractivity contribution in [3.63, 3.8) is 0 Å². The minimum absolute atomic E-state index is 0.442. The summed E-state index contributed by atoms with van der Waals surface area (Å²) >= 11 is 1.82. The molecule has 0 unspecified atom stereocenters. The smallest absolute Gasteiger partial charge is 0.147 e. The topological polar surface area (TPSA) is 55.0 Å². The van der Waals surface area contributed by atoms with E-state index in [2.05, 4.69) is 21.1 Å². The van der Waals surface area contributed by atoms with Crippen LogP contribution in [-0.2, 0) is 6.54 Å². The van der Waals surface area contributed by atoms with Crippen LogP contribution in [0.5, 0.6) is 0 Å². The highest BCUT2D eigenvalue weighted by atomic mass is 32.2. The Labute approximate surface area is 88.9 Å². The van der Waals surface area contributed by atoms with Gasteiger partial charge in [-0.3, -0.25) is 4.98 Å². The average Bonchev–Trinajstić information content (AvgIpc) is 2.26. The molecule has 2 N–H and O–H groups in total. The van der Waals surface area contributed by atoms with Crippen molar-refractivity contribution in [2.45, 2.75) is 6.54 Å². The first-order valence-corrected chi connectivity index (χ1v) is 5.88. The van der Waals surface area contributed by atoms with Gasteiger partial charge in [-0.25, -0.2) is 4.98 Å². The van der Waals surface area contributed by atoms with Crippen molar-refractivity contribution in [3.05, 3.63) is 18.1 Å². The summed E-state index contributed by atoms with van der Waals surface area (Å²) in [4.78, 5) is 10.6. The van der Waals surface area contributed by atoms with Gasteiger partial charge in [0.2, 0.25) is 0 Å². The van der Waals surface area contributed by atoms with E-state index in [1.807, 2.05) is 18.8 Å². The molecule has 0 aliphatic carbocycles. The molecule has 0 spiro atoms. The van der Waals surface area contributed by atoms with Crippen LogP contribution in [0.4, 0.5) is 5.82 Å². The zero-order valence-corrected chi connectivity index (χ0v) is 9.42.